The topological polar surface area (TPSA) is 69.9 Å². The molecule has 0 aromatic rings. The predicted molar refractivity (Wildman–Crippen MR) is 30.7 cm³/mol. The minimum atomic E-state index is -1.78. The molecule has 0 atom stereocenters. The molecule has 9 heavy (non-hydrogen) atoms. The Balaban J connectivity index is 3.07. The maximum atomic E-state index is 8.59. The van der Waals surface area contributed by atoms with Gasteiger partial charge in [0.1, 0.15) is 6.61 Å². The molecule has 4 heteroatoms. The van der Waals surface area contributed by atoms with E-state index in [-0.39, 0.29) is 19.8 Å². The van der Waals surface area contributed by atoms with Crippen molar-refractivity contribution in [2.24, 2.45) is 0 Å². The minimum Gasteiger partial charge on any atom is -0.394 e. The molecular weight excluding hydrogens is 124 g/mol. The quantitative estimate of drug-likeness (QED) is 0.332. The monoisotopic (exact) mass is 136 g/mol. The lowest BCUT2D eigenvalue weighted by Crippen LogP contribution is -2.30. The maximum Gasteiger partial charge on any atom is 0.183 e. The molecule has 0 spiro atoms. The van der Waals surface area contributed by atoms with Crippen LogP contribution in [-0.4, -0.2) is 40.9 Å². The largest absolute Gasteiger partial charge is 0.394 e. The molecule has 0 aromatic heterocycles. The lowest BCUT2D eigenvalue weighted by molar-refractivity contribution is -0.184. The summed E-state index contributed by atoms with van der Waals surface area (Å²) in [6.07, 6.45) is 0. The Labute approximate surface area is 53.7 Å². The highest BCUT2D eigenvalue weighted by atomic mass is 16.6. The van der Waals surface area contributed by atoms with Crippen LogP contribution in [0.2, 0.25) is 0 Å². The van der Waals surface area contributed by atoms with Gasteiger partial charge >= 0.3 is 0 Å². The van der Waals surface area contributed by atoms with Crippen LogP contribution in [0.5, 0.6) is 0 Å². The molecule has 0 heterocycles. The lowest BCUT2D eigenvalue weighted by Gasteiger charge is -2.14. The van der Waals surface area contributed by atoms with Gasteiger partial charge in [0, 0.05) is 0 Å². The van der Waals surface area contributed by atoms with E-state index in [0.717, 1.165) is 0 Å². The number of aliphatic hydroxyl groups is 3. The molecule has 0 bridgehead atoms. The van der Waals surface area contributed by atoms with Gasteiger partial charge in [-0.3, -0.25) is 0 Å². The fourth-order valence-corrected chi connectivity index (χ4v) is 0.330. The van der Waals surface area contributed by atoms with Crippen LogP contribution in [0.15, 0.2) is 0 Å². The first-order valence-corrected chi connectivity index (χ1v) is 2.69. The maximum absolute atomic E-state index is 8.59. The molecule has 56 valence electrons. The van der Waals surface area contributed by atoms with Crippen LogP contribution in [0.25, 0.3) is 0 Å². The minimum absolute atomic E-state index is 0.101. The summed E-state index contributed by atoms with van der Waals surface area (Å²) in [6, 6.07) is 0. The van der Waals surface area contributed by atoms with Crippen molar-refractivity contribution in [1.82, 2.24) is 0 Å². The predicted octanol–water partition coefficient (Wildman–Crippen LogP) is -1.30. The Morgan fingerprint density at radius 1 is 1.44 bits per heavy atom. The SMILES string of the molecule is CC(O)(O)COCCO. The summed E-state index contributed by atoms with van der Waals surface area (Å²) >= 11 is 0. The third kappa shape index (κ3) is 7.84. The summed E-state index contributed by atoms with van der Waals surface area (Å²) < 4.78 is 4.60. The molecule has 0 amide bonds. The summed E-state index contributed by atoms with van der Waals surface area (Å²) in [5.74, 6) is -1.78. The highest BCUT2D eigenvalue weighted by Gasteiger charge is 2.13. The van der Waals surface area contributed by atoms with Crippen LogP contribution in [0, 0.1) is 0 Å². The van der Waals surface area contributed by atoms with Crippen molar-refractivity contribution in [3.8, 4) is 0 Å². The zero-order valence-electron chi connectivity index (χ0n) is 5.37. The van der Waals surface area contributed by atoms with E-state index in [1.54, 1.807) is 0 Å². The molecule has 0 fully saturated rings. The fraction of sp³-hybridized carbons (Fsp3) is 1.00. The Hall–Kier alpha value is -0.160. The van der Waals surface area contributed by atoms with Crippen molar-refractivity contribution < 1.29 is 20.1 Å². The van der Waals surface area contributed by atoms with Gasteiger partial charge in [0.25, 0.3) is 0 Å². The zero-order valence-corrected chi connectivity index (χ0v) is 5.37. The Kier molecular flexibility index (Phi) is 3.72. The molecule has 0 unspecified atom stereocenters. The van der Waals surface area contributed by atoms with E-state index >= 15 is 0 Å². The normalized spacial score (nSPS) is 12.0. The molecule has 0 aliphatic rings. The van der Waals surface area contributed by atoms with Gasteiger partial charge in [-0.1, -0.05) is 0 Å². The number of ether oxygens (including phenoxy) is 1. The molecule has 0 saturated heterocycles. The first kappa shape index (κ1) is 8.84. The number of aliphatic hydroxyl groups excluding tert-OH is 1. The van der Waals surface area contributed by atoms with E-state index in [1.165, 1.54) is 6.92 Å². The van der Waals surface area contributed by atoms with Crippen LogP contribution in [0.4, 0.5) is 0 Å². The Morgan fingerprint density at radius 3 is 2.33 bits per heavy atom. The number of rotatable bonds is 4. The van der Waals surface area contributed by atoms with E-state index < -0.39 is 5.79 Å². The van der Waals surface area contributed by atoms with Crippen molar-refractivity contribution in [2.75, 3.05) is 19.8 Å². The van der Waals surface area contributed by atoms with Gasteiger partial charge in [-0.2, -0.15) is 0 Å². The van der Waals surface area contributed by atoms with Crippen LogP contribution in [0.1, 0.15) is 6.92 Å². The van der Waals surface area contributed by atoms with Gasteiger partial charge in [-0.15, -0.1) is 0 Å². The second-order valence-corrected chi connectivity index (χ2v) is 1.99. The van der Waals surface area contributed by atoms with Crippen molar-refractivity contribution in [3.63, 3.8) is 0 Å². The average molecular weight is 136 g/mol. The van der Waals surface area contributed by atoms with Crippen molar-refractivity contribution in [1.29, 1.82) is 0 Å². The molecular formula is C5H12O4. The van der Waals surface area contributed by atoms with Gasteiger partial charge in [0.15, 0.2) is 5.79 Å². The van der Waals surface area contributed by atoms with Crippen molar-refractivity contribution >= 4 is 0 Å². The molecule has 0 rings (SSSR count). The van der Waals surface area contributed by atoms with Gasteiger partial charge in [0.2, 0.25) is 0 Å². The summed E-state index contributed by atoms with van der Waals surface area (Å²) in [4.78, 5) is 0. The third-order valence-electron chi connectivity index (χ3n) is 0.611. The fourth-order valence-electron chi connectivity index (χ4n) is 0.330. The first-order valence-electron chi connectivity index (χ1n) is 2.69. The van der Waals surface area contributed by atoms with E-state index in [2.05, 4.69) is 4.74 Å². The molecule has 3 N–H and O–H groups in total. The standard InChI is InChI=1S/C5H12O4/c1-5(7,8)4-9-3-2-6/h6-8H,2-4H2,1H3. The Bertz CT molecular complexity index is 65.8. The van der Waals surface area contributed by atoms with Gasteiger partial charge in [-0.25, -0.2) is 0 Å². The Morgan fingerprint density at radius 2 is 2.00 bits per heavy atom. The van der Waals surface area contributed by atoms with Gasteiger partial charge in [-0.05, 0) is 6.92 Å². The van der Waals surface area contributed by atoms with Gasteiger partial charge in [0.05, 0.1) is 13.2 Å². The first-order chi connectivity index (χ1) is 4.06. The van der Waals surface area contributed by atoms with E-state index in [0.29, 0.717) is 0 Å². The molecule has 0 aliphatic heterocycles. The van der Waals surface area contributed by atoms with E-state index in [9.17, 15) is 0 Å². The molecule has 0 radical (unpaired) electrons. The number of hydrogen-bond acceptors (Lipinski definition) is 4. The second kappa shape index (κ2) is 3.79. The molecule has 0 aromatic carbocycles. The molecule has 0 aliphatic carbocycles. The summed E-state index contributed by atoms with van der Waals surface area (Å²) in [5.41, 5.74) is 0. The lowest BCUT2D eigenvalue weighted by atomic mass is 10.4. The van der Waals surface area contributed by atoms with Crippen molar-refractivity contribution in [3.05, 3.63) is 0 Å². The highest BCUT2D eigenvalue weighted by Crippen LogP contribution is 1.95. The molecule has 0 saturated carbocycles. The van der Waals surface area contributed by atoms with Crippen LogP contribution in [0.3, 0.4) is 0 Å². The molecule has 4 nitrogen and oxygen atoms in total. The van der Waals surface area contributed by atoms with E-state index in [1.807, 2.05) is 0 Å². The average Bonchev–Trinajstić information content (AvgIpc) is 1.63. The summed E-state index contributed by atoms with van der Waals surface area (Å²) in [5, 5.41) is 25.4. The van der Waals surface area contributed by atoms with Crippen LogP contribution >= 0.6 is 0 Å². The highest BCUT2D eigenvalue weighted by molar-refractivity contribution is 4.51. The van der Waals surface area contributed by atoms with Crippen LogP contribution < -0.4 is 0 Å². The number of hydrogen-bond donors (Lipinski definition) is 3. The van der Waals surface area contributed by atoms with Crippen LogP contribution in [-0.2, 0) is 4.74 Å². The van der Waals surface area contributed by atoms with Gasteiger partial charge < -0.3 is 20.1 Å². The second-order valence-electron chi connectivity index (χ2n) is 1.99. The van der Waals surface area contributed by atoms with E-state index in [4.69, 9.17) is 15.3 Å². The summed E-state index contributed by atoms with van der Waals surface area (Å²) in [6.45, 7) is 1.07. The third-order valence-corrected chi connectivity index (χ3v) is 0.611. The zero-order chi connectivity index (χ0) is 7.33. The van der Waals surface area contributed by atoms with Crippen molar-refractivity contribution in [2.45, 2.75) is 12.7 Å². The smallest absolute Gasteiger partial charge is 0.183 e. The summed E-state index contributed by atoms with van der Waals surface area (Å²) in [7, 11) is 0.